The van der Waals surface area contributed by atoms with Crippen molar-refractivity contribution in [1.29, 1.82) is 0 Å². The molecule has 0 radical (unpaired) electrons. The number of nitrogens with zero attached hydrogens (tertiary/aromatic N) is 1. The Morgan fingerprint density at radius 1 is 1.20 bits per heavy atom. The monoisotopic (exact) mass is 276 g/mol. The van der Waals surface area contributed by atoms with Crippen LogP contribution in [0.15, 0.2) is 24.3 Å². The molecule has 0 bridgehead atoms. The molecule has 2 N–H and O–H groups in total. The van der Waals surface area contributed by atoms with E-state index >= 15 is 0 Å². The molecule has 20 heavy (non-hydrogen) atoms. The van der Waals surface area contributed by atoms with E-state index < -0.39 is 0 Å². The molecular weight excluding hydrogens is 248 g/mol. The Kier molecular flexibility index (Phi) is 5.44. The molecule has 1 aromatic rings. The first-order chi connectivity index (χ1) is 9.65. The summed E-state index contributed by atoms with van der Waals surface area (Å²) in [5.41, 5.74) is 2.50. The number of hydrogen-bond donors (Lipinski definition) is 2. The number of hydrogen-bond acceptors (Lipinski definition) is 3. The number of benzene rings is 1. The van der Waals surface area contributed by atoms with E-state index in [1.165, 1.54) is 31.5 Å². The molecule has 3 nitrogen and oxygen atoms in total. The lowest BCUT2D eigenvalue weighted by atomic mass is 9.88. The van der Waals surface area contributed by atoms with E-state index in [0.717, 1.165) is 25.2 Å². The maximum atomic E-state index is 9.42. The first kappa shape index (κ1) is 15.3. The summed E-state index contributed by atoms with van der Waals surface area (Å²) in [6, 6.07) is 8.73. The minimum absolute atomic E-state index is 0.0335. The summed E-state index contributed by atoms with van der Waals surface area (Å²) < 4.78 is 0. The quantitative estimate of drug-likeness (QED) is 0.803. The smallest absolute Gasteiger partial charge is 0.0501 e. The molecule has 1 aliphatic rings. The van der Waals surface area contributed by atoms with Gasteiger partial charge >= 0.3 is 0 Å². The molecule has 0 aromatic heterocycles. The highest BCUT2D eigenvalue weighted by Crippen LogP contribution is 2.21. The number of aliphatic hydroxyl groups excluding tert-OH is 1. The second-order valence-corrected chi connectivity index (χ2v) is 6.36. The van der Waals surface area contributed by atoms with Crippen LogP contribution in [0.4, 0.5) is 5.69 Å². The van der Waals surface area contributed by atoms with Crippen molar-refractivity contribution in [3.05, 3.63) is 29.8 Å². The van der Waals surface area contributed by atoms with Crippen LogP contribution in [0.5, 0.6) is 0 Å². The third kappa shape index (κ3) is 4.22. The van der Waals surface area contributed by atoms with E-state index in [4.69, 9.17) is 0 Å². The van der Waals surface area contributed by atoms with Gasteiger partial charge in [0.2, 0.25) is 0 Å². The highest BCUT2D eigenvalue weighted by atomic mass is 16.3. The molecule has 1 atom stereocenters. The summed E-state index contributed by atoms with van der Waals surface area (Å²) in [5, 5.41) is 12.9. The molecule has 0 saturated carbocycles. The van der Waals surface area contributed by atoms with Crippen LogP contribution < -0.4 is 5.32 Å². The molecule has 1 aliphatic heterocycles. The standard InChI is InChI=1S/C17H28N2O/c1-3-17(2,14-20)13-18-16-8-6-15(7-9-16)12-19-10-4-5-11-19/h6-9,18,20H,3-5,10-14H2,1-2H3. The molecule has 0 amide bonds. The third-order valence-corrected chi connectivity index (χ3v) is 4.51. The predicted octanol–water partition coefficient (Wildman–Crippen LogP) is 3.10. The molecule has 1 heterocycles. The maximum absolute atomic E-state index is 9.42. The summed E-state index contributed by atoms with van der Waals surface area (Å²) in [4.78, 5) is 2.52. The Balaban J connectivity index is 1.84. The Hall–Kier alpha value is -1.06. The second kappa shape index (κ2) is 7.09. The van der Waals surface area contributed by atoms with Crippen molar-refractivity contribution in [3.63, 3.8) is 0 Å². The van der Waals surface area contributed by atoms with Gasteiger partial charge in [0, 0.05) is 24.2 Å². The van der Waals surface area contributed by atoms with Crippen molar-refractivity contribution in [2.24, 2.45) is 5.41 Å². The van der Waals surface area contributed by atoms with Gasteiger partial charge in [-0.15, -0.1) is 0 Å². The Morgan fingerprint density at radius 3 is 2.40 bits per heavy atom. The van der Waals surface area contributed by atoms with Crippen molar-refractivity contribution in [2.45, 2.75) is 39.7 Å². The molecule has 1 unspecified atom stereocenters. The van der Waals surface area contributed by atoms with Gasteiger partial charge in [0.1, 0.15) is 0 Å². The van der Waals surface area contributed by atoms with Crippen LogP contribution in [-0.2, 0) is 6.54 Å². The molecule has 1 saturated heterocycles. The summed E-state index contributed by atoms with van der Waals surface area (Å²) in [6.45, 7) is 8.83. The molecular formula is C17H28N2O. The zero-order chi connectivity index (χ0) is 14.4. The van der Waals surface area contributed by atoms with Crippen molar-refractivity contribution in [2.75, 3.05) is 31.6 Å². The molecule has 2 rings (SSSR count). The van der Waals surface area contributed by atoms with Crippen molar-refractivity contribution >= 4 is 5.69 Å². The van der Waals surface area contributed by atoms with E-state index in [-0.39, 0.29) is 12.0 Å². The second-order valence-electron chi connectivity index (χ2n) is 6.36. The van der Waals surface area contributed by atoms with Gasteiger partial charge in [-0.05, 0) is 50.0 Å². The van der Waals surface area contributed by atoms with Crippen molar-refractivity contribution in [3.8, 4) is 0 Å². The molecule has 1 aromatic carbocycles. The highest BCUT2D eigenvalue weighted by Gasteiger charge is 2.20. The van der Waals surface area contributed by atoms with E-state index in [0.29, 0.717) is 0 Å². The minimum Gasteiger partial charge on any atom is -0.396 e. The van der Waals surface area contributed by atoms with Gasteiger partial charge in [0.15, 0.2) is 0 Å². The van der Waals surface area contributed by atoms with Crippen LogP contribution >= 0.6 is 0 Å². The van der Waals surface area contributed by atoms with Crippen LogP contribution in [0.2, 0.25) is 0 Å². The maximum Gasteiger partial charge on any atom is 0.0501 e. The SMILES string of the molecule is CCC(C)(CO)CNc1ccc(CN2CCCC2)cc1. The van der Waals surface area contributed by atoms with Crippen LogP contribution in [-0.4, -0.2) is 36.2 Å². The highest BCUT2D eigenvalue weighted by molar-refractivity contribution is 5.44. The largest absolute Gasteiger partial charge is 0.396 e. The van der Waals surface area contributed by atoms with Crippen molar-refractivity contribution in [1.82, 2.24) is 4.90 Å². The molecule has 0 spiro atoms. The molecule has 1 fully saturated rings. The fraction of sp³-hybridized carbons (Fsp3) is 0.647. The van der Waals surface area contributed by atoms with Crippen LogP contribution in [0.1, 0.15) is 38.7 Å². The number of anilines is 1. The fourth-order valence-corrected chi connectivity index (χ4v) is 2.54. The minimum atomic E-state index is -0.0335. The fourth-order valence-electron chi connectivity index (χ4n) is 2.54. The summed E-state index contributed by atoms with van der Waals surface area (Å²) in [5.74, 6) is 0. The number of likely N-dealkylation sites (tertiary alicyclic amines) is 1. The van der Waals surface area contributed by atoms with Crippen molar-refractivity contribution < 1.29 is 5.11 Å². The average Bonchev–Trinajstić information content (AvgIpc) is 2.99. The van der Waals surface area contributed by atoms with Gasteiger partial charge < -0.3 is 10.4 Å². The normalized spacial score (nSPS) is 18.9. The first-order valence-corrected chi connectivity index (χ1v) is 7.81. The zero-order valence-corrected chi connectivity index (χ0v) is 12.9. The van der Waals surface area contributed by atoms with Gasteiger partial charge in [-0.25, -0.2) is 0 Å². The van der Waals surface area contributed by atoms with E-state index in [9.17, 15) is 5.11 Å². The van der Waals surface area contributed by atoms with Crippen LogP contribution in [0.25, 0.3) is 0 Å². The number of aliphatic hydroxyl groups is 1. The van der Waals surface area contributed by atoms with E-state index in [2.05, 4.69) is 48.3 Å². The van der Waals surface area contributed by atoms with Gasteiger partial charge in [-0.2, -0.15) is 0 Å². The average molecular weight is 276 g/mol. The number of nitrogens with one attached hydrogen (secondary N) is 1. The lowest BCUT2D eigenvalue weighted by molar-refractivity contribution is 0.149. The summed E-state index contributed by atoms with van der Waals surface area (Å²) in [7, 11) is 0. The number of rotatable bonds is 7. The molecule has 3 heteroatoms. The Morgan fingerprint density at radius 2 is 1.85 bits per heavy atom. The third-order valence-electron chi connectivity index (χ3n) is 4.51. The summed E-state index contributed by atoms with van der Waals surface area (Å²) in [6.07, 6.45) is 3.66. The van der Waals surface area contributed by atoms with Gasteiger partial charge in [0.05, 0.1) is 6.61 Å². The summed E-state index contributed by atoms with van der Waals surface area (Å²) >= 11 is 0. The Labute approximate surface area is 123 Å². The topological polar surface area (TPSA) is 35.5 Å². The van der Waals surface area contributed by atoms with E-state index in [1.54, 1.807) is 0 Å². The molecule has 0 aliphatic carbocycles. The van der Waals surface area contributed by atoms with Gasteiger partial charge in [-0.1, -0.05) is 26.0 Å². The van der Waals surface area contributed by atoms with Crippen LogP contribution in [0.3, 0.4) is 0 Å². The Bertz CT molecular complexity index is 392. The zero-order valence-electron chi connectivity index (χ0n) is 12.9. The molecule has 112 valence electrons. The predicted molar refractivity (Wildman–Crippen MR) is 84.9 cm³/mol. The van der Waals surface area contributed by atoms with Gasteiger partial charge in [0.25, 0.3) is 0 Å². The van der Waals surface area contributed by atoms with Crippen LogP contribution in [0, 0.1) is 5.41 Å². The van der Waals surface area contributed by atoms with Gasteiger partial charge in [-0.3, -0.25) is 4.90 Å². The lowest BCUT2D eigenvalue weighted by Crippen LogP contribution is -2.29. The lowest BCUT2D eigenvalue weighted by Gasteiger charge is -2.26. The first-order valence-electron chi connectivity index (χ1n) is 7.81. The van der Waals surface area contributed by atoms with E-state index in [1.807, 2.05) is 0 Å².